The Hall–Kier alpha value is -1.44. The molecule has 5 nitrogen and oxygen atoms in total. The largest absolute Gasteiger partial charge is 0.496 e. The van der Waals surface area contributed by atoms with Crippen molar-refractivity contribution in [1.82, 2.24) is 0 Å². The van der Waals surface area contributed by atoms with Gasteiger partial charge in [-0.05, 0) is 52.3 Å². The second kappa shape index (κ2) is 6.13. The van der Waals surface area contributed by atoms with Gasteiger partial charge in [0.15, 0.2) is 0 Å². The Morgan fingerprint density at radius 2 is 1.95 bits per heavy atom. The van der Waals surface area contributed by atoms with Gasteiger partial charge in [-0.15, -0.1) is 0 Å². The lowest BCUT2D eigenvalue weighted by Gasteiger charge is -2.11. The molecule has 0 aliphatic carbocycles. The third-order valence-electron chi connectivity index (χ3n) is 2.65. The highest BCUT2D eigenvalue weighted by Gasteiger charge is 2.19. The Bertz CT molecular complexity index is 781. The number of anilines is 2. The average Bonchev–Trinajstić information content (AvgIpc) is 2.41. The van der Waals surface area contributed by atoms with Gasteiger partial charge in [0.1, 0.15) is 10.6 Å². The molecule has 2 aromatic rings. The second-order valence-corrected chi connectivity index (χ2v) is 7.06. The topological polar surface area (TPSA) is 81.4 Å². The standard InChI is InChI=1S/C13H12BrClN2O3S/c1-20-12-5-3-9(7-10(12)14)17-21(18,19)13-6-8(16)2-4-11(13)15/h2-7,17H,16H2,1H3. The summed E-state index contributed by atoms with van der Waals surface area (Å²) < 4.78 is 32.8. The van der Waals surface area contributed by atoms with Crippen molar-refractivity contribution in [2.45, 2.75) is 4.90 Å². The molecule has 8 heteroatoms. The van der Waals surface area contributed by atoms with Crippen molar-refractivity contribution < 1.29 is 13.2 Å². The van der Waals surface area contributed by atoms with E-state index in [2.05, 4.69) is 20.7 Å². The van der Waals surface area contributed by atoms with E-state index in [1.165, 1.54) is 25.3 Å². The molecule has 0 atom stereocenters. The van der Waals surface area contributed by atoms with Crippen LogP contribution in [0.25, 0.3) is 0 Å². The third-order valence-corrected chi connectivity index (χ3v) is 5.13. The first-order chi connectivity index (χ1) is 9.83. The smallest absolute Gasteiger partial charge is 0.263 e. The third kappa shape index (κ3) is 3.61. The number of nitrogens with two attached hydrogens (primary N) is 1. The van der Waals surface area contributed by atoms with Crippen LogP contribution in [-0.4, -0.2) is 15.5 Å². The Balaban J connectivity index is 2.37. The number of halogens is 2. The molecule has 0 aromatic heterocycles. The summed E-state index contributed by atoms with van der Waals surface area (Å²) in [7, 11) is -2.30. The highest BCUT2D eigenvalue weighted by atomic mass is 79.9. The summed E-state index contributed by atoms with van der Waals surface area (Å²) in [5, 5.41) is 0.101. The first-order valence-corrected chi connectivity index (χ1v) is 8.40. The van der Waals surface area contributed by atoms with Gasteiger partial charge >= 0.3 is 0 Å². The molecule has 0 amide bonds. The molecule has 2 aromatic carbocycles. The van der Waals surface area contributed by atoms with Crippen LogP contribution >= 0.6 is 27.5 Å². The molecule has 0 saturated heterocycles. The summed E-state index contributed by atoms with van der Waals surface area (Å²) in [5.41, 5.74) is 6.30. The maximum atomic E-state index is 12.3. The molecule has 0 radical (unpaired) electrons. The minimum Gasteiger partial charge on any atom is -0.496 e. The molecule has 0 unspecified atom stereocenters. The molecule has 0 spiro atoms. The Labute approximate surface area is 136 Å². The predicted octanol–water partition coefficient (Wildman–Crippen LogP) is 3.49. The first kappa shape index (κ1) is 15.9. The lowest BCUT2D eigenvalue weighted by atomic mass is 10.3. The number of nitrogen functional groups attached to an aromatic ring is 1. The van der Waals surface area contributed by atoms with Crippen molar-refractivity contribution in [3.05, 3.63) is 45.9 Å². The van der Waals surface area contributed by atoms with Crippen molar-refractivity contribution in [3.8, 4) is 5.75 Å². The zero-order chi connectivity index (χ0) is 15.6. The van der Waals surface area contributed by atoms with Crippen molar-refractivity contribution in [2.75, 3.05) is 17.6 Å². The molecule has 0 aliphatic heterocycles. The number of nitrogens with one attached hydrogen (secondary N) is 1. The van der Waals surface area contributed by atoms with E-state index in [-0.39, 0.29) is 9.92 Å². The van der Waals surface area contributed by atoms with Crippen LogP contribution in [0, 0.1) is 0 Å². The van der Waals surface area contributed by atoms with Crippen LogP contribution < -0.4 is 15.2 Å². The number of rotatable bonds is 4. The molecule has 3 N–H and O–H groups in total. The van der Waals surface area contributed by atoms with Gasteiger partial charge in [0.2, 0.25) is 0 Å². The number of hydrogen-bond donors (Lipinski definition) is 2. The molecule has 0 aliphatic rings. The summed E-state index contributed by atoms with van der Waals surface area (Å²) in [6.07, 6.45) is 0. The van der Waals surface area contributed by atoms with Crippen LogP contribution in [0.15, 0.2) is 45.8 Å². The van der Waals surface area contributed by atoms with E-state index < -0.39 is 10.0 Å². The fourth-order valence-electron chi connectivity index (χ4n) is 1.67. The highest BCUT2D eigenvalue weighted by Crippen LogP contribution is 2.30. The molecule has 0 saturated carbocycles. The Morgan fingerprint density at radius 3 is 2.57 bits per heavy atom. The van der Waals surface area contributed by atoms with Crippen LogP contribution in [0.3, 0.4) is 0 Å². The van der Waals surface area contributed by atoms with Crippen LogP contribution in [0.1, 0.15) is 0 Å². The minimum atomic E-state index is -3.83. The Morgan fingerprint density at radius 1 is 1.24 bits per heavy atom. The molecule has 21 heavy (non-hydrogen) atoms. The zero-order valence-electron chi connectivity index (χ0n) is 10.9. The molecule has 0 bridgehead atoms. The van der Waals surface area contributed by atoms with E-state index in [0.717, 1.165) is 0 Å². The number of sulfonamides is 1. The maximum absolute atomic E-state index is 12.3. The van der Waals surface area contributed by atoms with Gasteiger partial charge in [-0.1, -0.05) is 11.6 Å². The summed E-state index contributed by atoms with van der Waals surface area (Å²) >= 11 is 9.21. The van der Waals surface area contributed by atoms with Crippen molar-refractivity contribution in [3.63, 3.8) is 0 Å². The van der Waals surface area contributed by atoms with Crippen LogP contribution in [0.4, 0.5) is 11.4 Å². The van der Waals surface area contributed by atoms with Crippen molar-refractivity contribution in [1.29, 1.82) is 0 Å². The van der Waals surface area contributed by atoms with E-state index in [9.17, 15) is 8.42 Å². The van der Waals surface area contributed by atoms with E-state index in [1.54, 1.807) is 18.2 Å². The SMILES string of the molecule is COc1ccc(NS(=O)(=O)c2cc(N)ccc2Cl)cc1Br. The first-order valence-electron chi connectivity index (χ1n) is 5.75. The summed E-state index contributed by atoms with van der Waals surface area (Å²) in [4.78, 5) is -0.0730. The molecular weight excluding hydrogens is 380 g/mol. The van der Waals surface area contributed by atoms with E-state index in [4.69, 9.17) is 22.1 Å². The van der Waals surface area contributed by atoms with Gasteiger partial charge in [-0.3, -0.25) is 4.72 Å². The summed E-state index contributed by atoms with van der Waals surface area (Å²) in [6, 6.07) is 9.10. The number of benzene rings is 2. The molecule has 112 valence electrons. The average molecular weight is 392 g/mol. The maximum Gasteiger partial charge on any atom is 0.263 e. The van der Waals surface area contributed by atoms with Crippen LogP contribution in [0.5, 0.6) is 5.75 Å². The zero-order valence-corrected chi connectivity index (χ0v) is 14.1. The van der Waals surface area contributed by atoms with Gasteiger partial charge in [0.25, 0.3) is 10.0 Å². The van der Waals surface area contributed by atoms with Crippen molar-refractivity contribution >= 4 is 48.9 Å². The number of ether oxygens (including phenoxy) is 1. The number of hydrogen-bond acceptors (Lipinski definition) is 4. The van der Waals surface area contributed by atoms with Crippen LogP contribution in [0.2, 0.25) is 5.02 Å². The molecule has 2 rings (SSSR count). The van der Waals surface area contributed by atoms with E-state index in [0.29, 0.717) is 21.6 Å². The van der Waals surface area contributed by atoms with E-state index in [1.807, 2.05) is 0 Å². The van der Waals surface area contributed by atoms with Crippen molar-refractivity contribution in [2.24, 2.45) is 0 Å². The Kier molecular flexibility index (Phi) is 4.65. The molecule has 0 fully saturated rings. The fourth-order valence-corrected chi connectivity index (χ4v) is 3.79. The molecular formula is C13H12BrClN2O3S. The summed E-state index contributed by atoms with van der Waals surface area (Å²) in [6.45, 7) is 0. The quantitative estimate of drug-likeness (QED) is 0.782. The normalized spacial score (nSPS) is 11.2. The highest BCUT2D eigenvalue weighted by molar-refractivity contribution is 9.10. The predicted molar refractivity (Wildman–Crippen MR) is 87.4 cm³/mol. The lowest BCUT2D eigenvalue weighted by Crippen LogP contribution is -2.13. The summed E-state index contributed by atoms with van der Waals surface area (Å²) in [5.74, 6) is 0.597. The van der Waals surface area contributed by atoms with Crippen LogP contribution in [-0.2, 0) is 10.0 Å². The minimum absolute atomic E-state index is 0.0730. The van der Waals surface area contributed by atoms with Gasteiger partial charge in [0, 0.05) is 5.69 Å². The van der Waals surface area contributed by atoms with Gasteiger partial charge in [-0.25, -0.2) is 8.42 Å². The van der Waals surface area contributed by atoms with Gasteiger partial charge in [0.05, 0.1) is 22.3 Å². The van der Waals surface area contributed by atoms with E-state index >= 15 is 0 Å². The fraction of sp³-hybridized carbons (Fsp3) is 0.0769. The monoisotopic (exact) mass is 390 g/mol. The number of methoxy groups -OCH3 is 1. The lowest BCUT2D eigenvalue weighted by molar-refractivity contribution is 0.412. The van der Waals surface area contributed by atoms with Gasteiger partial charge in [-0.2, -0.15) is 0 Å². The molecule has 0 heterocycles. The second-order valence-electron chi connectivity index (χ2n) is 4.14. The van der Waals surface area contributed by atoms with Gasteiger partial charge < -0.3 is 10.5 Å².